The molecule has 0 aliphatic heterocycles. The van der Waals surface area contributed by atoms with E-state index in [-0.39, 0.29) is 0 Å². The lowest BCUT2D eigenvalue weighted by molar-refractivity contribution is 0.769. The summed E-state index contributed by atoms with van der Waals surface area (Å²) < 4.78 is 0. The van der Waals surface area contributed by atoms with E-state index in [0.717, 1.165) is 16.8 Å². The van der Waals surface area contributed by atoms with E-state index in [2.05, 4.69) is 186 Å². The summed E-state index contributed by atoms with van der Waals surface area (Å²) in [5.41, 5.74) is 14.0. The Balaban J connectivity index is 1.29. The second kappa shape index (κ2) is 12.3. The van der Waals surface area contributed by atoms with Crippen LogP contribution in [0.3, 0.4) is 0 Å². The highest BCUT2D eigenvalue weighted by Crippen LogP contribution is 2.59. The number of nitrogens with zero attached hydrogens (tertiary/aromatic N) is 2. The van der Waals surface area contributed by atoms with Crippen molar-refractivity contribution >= 4 is 27.2 Å². The minimum absolute atomic E-state index is 0.581. The molecule has 1 aliphatic rings. The molecule has 0 radical (unpaired) electrons. The Labute approximate surface area is 309 Å². The predicted molar refractivity (Wildman–Crippen MR) is 219 cm³/mol. The molecule has 9 aromatic rings. The Bertz CT molecular complexity index is 2860. The summed E-state index contributed by atoms with van der Waals surface area (Å²) in [6.45, 7) is 7.57. The van der Waals surface area contributed by atoms with E-state index in [4.69, 9.17) is 6.57 Å². The molecule has 53 heavy (non-hydrogen) atoms. The van der Waals surface area contributed by atoms with Gasteiger partial charge in [0.2, 0.25) is 0 Å². The summed E-state index contributed by atoms with van der Waals surface area (Å²) in [5.74, 6) is 0. The van der Waals surface area contributed by atoms with E-state index in [1.54, 1.807) is 12.3 Å². The Morgan fingerprint density at radius 2 is 1.09 bits per heavy atom. The van der Waals surface area contributed by atoms with Crippen LogP contribution in [0.25, 0.3) is 71.0 Å². The largest absolute Gasteiger partial charge is 0.259 e. The molecule has 1 aliphatic carbocycles. The van der Waals surface area contributed by atoms with Gasteiger partial charge in [0.1, 0.15) is 0 Å². The molecular formula is C51H32N2. The third kappa shape index (κ3) is 4.83. The third-order valence-electron chi connectivity index (χ3n) is 11.0. The first kappa shape index (κ1) is 30.7. The van der Waals surface area contributed by atoms with Crippen LogP contribution < -0.4 is 0 Å². The number of hydrogen-bond donors (Lipinski definition) is 0. The minimum atomic E-state index is -0.581. The van der Waals surface area contributed by atoms with Gasteiger partial charge in [-0.2, -0.15) is 0 Å². The normalized spacial score (nSPS) is 12.7. The van der Waals surface area contributed by atoms with Gasteiger partial charge in [-0.1, -0.05) is 152 Å². The molecule has 0 saturated heterocycles. The van der Waals surface area contributed by atoms with Crippen molar-refractivity contribution in [1.29, 1.82) is 0 Å². The predicted octanol–water partition coefficient (Wildman–Crippen LogP) is 13.3. The summed E-state index contributed by atoms with van der Waals surface area (Å²) in [4.78, 5) is 8.31. The Morgan fingerprint density at radius 1 is 0.434 bits per heavy atom. The zero-order valence-electron chi connectivity index (χ0n) is 28.9. The first-order valence-electron chi connectivity index (χ1n) is 18.0. The lowest BCUT2D eigenvalue weighted by Gasteiger charge is -2.34. The zero-order chi connectivity index (χ0) is 35.4. The van der Waals surface area contributed by atoms with Crippen LogP contribution in [0.5, 0.6) is 0 Å². The molecule has 0 saturated carbocycles. The van der Waals surface area contributed by atoms with Crippen LogP contribution in [-0.4, -0.2) is 4.98 Å². The number of hydrogen-bond acceptors (Lipinski definition) is 1. The van der Waals surface area contributed by atoms with Crippen LogP contribution in [0.1, 0.15) is 22.3 Å². The quantitative estimate of drug-likeness (QED) is 0.166. The van der Waals surface area contributed by atoms with Crippen LogP contribution >= 0.6 is 0 Å². The molecule has 1 heterocycles. The van der Waals surface area contributed by atoms with E-state index >= 15 is 0 Å². The fourth-order valence-electron chi connectivity index (χ4n) is 8.62. The summed E-state index contributed by atoms with van der Waals surface area (Å²) in [6, 6.07) is 68.1. The molecule has 0 amide bonds. The lowest BCUT2D eigenvalue weighted by Crippen LogP contribution is -2.28. The SMILES string of the molecule is [C-]#[N+]c1ccnc(-c2cccc(-c3cc4c(c5ccccc35)-c3ccc(-c5ccc6ccccc6c5)cc3C4(c3ccccc3)c3ccccc3)c2)c1. The molecular weight excluding hydrogens is 641 g/mol. The fourth-order valence-corrected chi connectivity index (χ4v) is 8.62. The molecule has 0 fully saturated rings. The maximum absolute atomic E-state index is 7.57. The van der Waals surface area contributed by atoms with Crippen molar-refractivity contribution < 1.29 is 0 Å². The van der Waals surface area contributed by atoms with Gasteiger partial charge >= 0.3 is 0 Å². The van der Waals surface area contributed by atoms with Gasteiger partial charge in [0.25, 0.3) is 0 Å². The van der Waals surface area contributed by atoms with Crippen LogP contribution in [0.4, 0.5) is 5.69 Å². The summed E-state index contributed by atoms with van der Waals surface area (Å²) >= 11 is 0. The van der Waals surface area contributed by atoms with Gasteiger partial charge in [-0.15, -0.1) is 0 Å². The van der Waals surface area contributed by atoms with E-state index in [1.165, 1.54) is 71.6 Å². The molecule has 246 valence electrons. The van der Waals surface area contributed by atoms with E-state index in [0.29, 0.717) is 5.69 Å². The minimum Gasteiger partial charge on any atom is -0.259 e. The molecule has 1 aromatic heterocycles. The van der Waals surface area contributed by atoms with Gasteiger partial charge in [0.15, 0.2) is 5.69 Å². The highest BCUT2D eigenvalue weighted by molar-refractivity contribution is 6.10. The summed E-state index contributed by atoms with van der Waals surface area (Å²) in [6.07, 6.45) is 1.72. The van der Waals surface area contributed by atoms with Crippen LogP contribution in [0.15, 0.2) is 194 Å². The molecule has 0 bridgehead atoms. The number of pyridine rings is 1. The number of benzene rings is 8. The monoisotopic (exact) mass is 672 g/mol. The van der Waals surface area contributed by atoms with Gasteiger partial charge in [0.05, 0.1) is 17.7 Å². The molecule has 0 atom stereocenters. The van der Waals surface area contributed by atoms with E-state index in [9.17, 15) is 0 Å². The van der Waals surface area contributed by atoms with Gasteiger partial charge < -0.3 is 0 Å². The number of rotatable bonds is 5. The second-order valence-corrected chi connectivity index (χ2v) is 13.8. The van der Waals surface area contributed by atoms with Crippen molar-refractivity contribution in [2.75, 3.05) is 0 Å². The third-order valence-corrected chi connectivity index (χ3v) is 11.0. The van der Waals surface area contributed by atoms with Gasteiger partial charge in [0, 0.05) is 6.20 Å². The first-order valence-corrected chi connectivity index (χ1v) is 18.0. The van der Waals surface area contributed by atoms with E-state index in [1.807, 2.05) is 6.07 Å². The average Bonchev–Trinajstić information content (AvgIpc) is 3.54. The maximum atomic E-state index is 7.57. The average molecular weight is 673 g/mol. The summed E-state index contributed by atoms with van der Waals surface area (Å²) in [5, 5.41) is 4.91. The topological polar surface area (TPSA) is 17.2 Å². The Morgan fingerprint density at radius 3 is 1.87 bits per heavy atom. The smallest absolute Gasteiger partial charge is 0.190 e. The van der Waals surface area contributed by atoms with Gasteiger partial charge in [-0.05, 0) is 119 Å². The molecule has 0 spiro atoms. The van der Waals surface area contributed by atoms with Crippen molar-refractivity contribution in [2.45, 2.75) is 5.41 Å². The fraction of sp³-hybridized carbons (Fsp3) is 0.0196. The molecule has 0 N–H and O–H groups in total. The Hall–Kier alpha value is -7.08. The second-order valence-electron chi connectivity index (χ2n) is 13.8. The molecule has 10 rings (SSSR count). The van der Waals surface area contributed by atoms with Crippen LogP contribution in [-0.2, 0) is 5.41 Å². The van der Waals surface area contributed by atoms with Crippen molar-refractivity contribution in [3.05, 3.63) is 228 Å². The molecule has 0 unspecified atom stereocenters. The number of aromatic nitrogens is 1. The molecule has 8 aromatic carbocycles. The number of fused-ring (bicyclic) bond motifs is 6. The molecule has 2 heteroatoms. The van der Waals surface area contributed by atoms with E-state index < -0.39 is 5.41 Å². The first-order chi connectivity index (χ1) is 26.2. The maximum Gasteiger partial charge on any atom is 0.190 e. The van der Waals surface area contributed by atoms with Crippen molar-refractivity contribution in [2.24, 2.45) is 0 Å². The van der Waals surface area contributed by atoms with Crippen LogP contribution in [0.2, 0.25) is 0 Å². The highest BCUT2D eigenvalue weighted by Gasteiger charge is 2.47. The van der Waals surface area contributed by atoms with Gasteiger partial charge in [-0.25, -0.2) is 4.85 Å². The Kier molecular flexibility index (Phi) is 7.13. The standard InChI is InChI=1S/C51H32N2/c1-52-42-27-28-53-49(32-42)39-16-12-15-38(30-39)46-33-48-50(44-22-11-10-21-43(44)46)45-26-25-37(36-24-23-34-13-8-9-14-35(34)29-36)31-47(45)51(48,40-17-4-2-5-18-40)41-19-6-3-7-20-41/h2-33H. The molecule has 2 nitrogen and oxygen atoms in total. The van der Waals surface area contributed by atoms with Crippen LogP contribution in [0, 0.1) is 6.57 Å². The van der Waals surface area contributed by atoms with Crippen molar-refractivity contribution in [1.82, 2.24) is 4.98 Å². The highest BCUT2D eigenvalue weighted by atomic mass is 14.7. The lowest BCUT2D eigenvalue weighted by atomic mass is 9.67. The van der Waals surface area contributed by atoms with Gasteiger partial charge in [-0.3, -0.25) is 4.98 Å². The van der Waals surface area contributed by atoms with Crippen molar-refractivity contribution in [3.63, 3.8) is 0 Å². The summed E-state index contributed by atoms with van der Waals surface area (Å²) in [7, 11) is 0. The zero-order valence-corrected chi connectivity index (χ0v) is 28.9. The van der Waals surface area contributed by atoms with Crippen molar-refractivity contribution in [3.8, 4) is 44.6 Å².